The average molecular weight is 264 g/mol. The lowest BCUT2D eigenvalue weighted by atomic mass is 10.1. The molecule has 1 aromatic carbocycles. The Balaban J connectivity index is 2.96. The molecule has 0 amide bonds. The molecule has 2 nitrogen and oxygen atoms in total. The summed E-state index contributed by atoms with van der Waals surface area (Å²) in [5, 5.41) is 0. The molecule has 0 bridgehead atoms. The quantitative estimate of drug-likeness (QED) is 0.828. The van der Waals surface area contributed by atoms with Crippen LogP contribution in [0.25, 0.3) is 0 Å². The van der Waals surface area contributed by atoms with Crippen LogP contribution in [0.5, 0.6) is 0 Å². The molecule has 0 aliphatic heterocycles. The highest BCUT2D eigenvalue weighted by Gasteiger charge is 2.31. The van der Waals surface area contributed by atoms with Crippen LogP contribution >= 0.6 is 0 Å². The number of rotatable bonds is 5. The number of nitrogens with zero attached hydrogens (tertiary/aromatic N) is 1. The fourth-order valence-corrected chi connectivity index (χ4v) is 1.67. The van der Waals surface area contributed by atoms with E-state index in [0.717, 1.165) is 12.1 Å². The fourth-order valence-electron chi connectivity index (χ4n) is 1.67. The second kappa shape index (κ2) is 6.04. The second-order valence-electron chi connectivity index (χ2n) is 3.89. The SMILES string of the molecule is CCN(CCCN)c1ccc(C(F)(F)F)cc1F. The summed E-state index contributed by atoms with van der Waals surface area (Å²) >= 11 is 0. The molecule has 102 valence electrons. The predicted molar refractivity (Wildman–Crippen MR) is 63.0 cm³/mol. The standard InChI is InChI=1S/C12H16F4N2/c1-2-18(7-3-6-17)11-5-4-9(8-10(11)13)12(14,15)16/h4-5,8H,2-3,6-7,17H2,1H3. The van der Waals surface area contributed by atoms with Gasteiger partial charge in [0.05, 0.1) is 11.3 Å². The van der Waals surface area contributed by atoms with E-state index in [9.17, 15) is 17.6 Å². The van der Waals surface area contributed by atoms with Crippen molar-refractivity contribution in [3.05, 3.63) is 29.6 Å². The van der Waals surface area contributed by atoms with Crippen LogP contribution in [0.3, 0.4) is 0 Å². The fraction of sp³-hybridized carbons (Fsp3) is 0.500. The molecular weight excluding hydrogens is 248 g/mol. The number of benzene rings is 1. The average Bonchev–Trinajstić information content (AvgIpc) is 2.30. The molecule has 0 saturated carbocycles. The maximum absolute atomic E-state index is 13.7. The molecule has 1 aromatic rings. The number of nitrogens with two attached hydrogens (primary N) is 1. The van der Waals surface area contributed by atoms with Crippen molar-refractivity contribution in [2.24, 2.45) is 5.73 Å². The van der Waals surface area contributed by atoms with E-state index in [2.05, 4.69) is 0 Å². The van der Waals surface area contributed by atoms with E-state index in [1.54, 1.807) is 4.90 Å². The van der Waals surface area contributed by atoms with Crippen molar-refractivity contribution < 1.29 is 17.6 Å². The van der Waals surface area contributed by atoms with Gasteiger partial charge in [-0.25, -0.2) is 4.39 Å². The van der Waals surface area contributed by atoms with E-state index in [-0.39, 0.29) is 5.69 Å². The van der Waals surface area contributed by atoms with Crippen molar-refractivity contribution in [1.29, 1.82) is 0 Å². The van der Waals surface area contributed by atoms with E-state index in [1.807, 2.05) is 6.92 Å². The van der Waals surface area contributed by atoms with Crippen molar-refractivity contribution >= 4 is 5.69 Å². The molecule has 0 atom stereocenters. The van der Waals surface area contributed by atoms with E-state index < -0.39 is 17.6 Å². The van der Waals surface area contributed by atoms with Crippen LogP contribution in [0.4, 0.5) is 23.2 Å². The highest BCUT2D eigenvalue weighted by Crippen LogP contribution is 2.32. The molecule has 0 fully saturated rings. The smallest absolute Gasteiger partial charge is 0.369 e. The van der Waals surface area contributed by atoms with Gasteiger partial charge in [0.25, 0.3) is 0 Å². The van der Waals surface area contributed by atoms with E-state index >= 15 is 0 Å². The molecule has 0 saturated heterocycles. The van der Waals surface area contributed by atoms with Gasteiger partial charge in [0.1, 0.15) is 5.82 Å². The Morgan fingerprint density at radius 3 is 2.39 bits per heavy atom. The predicted octanol–water partition coefficient (Wildman–Crippen LogP) is 3.02. The van der Waals surface area contributed by atoms with E-state index in [1.165, 1.54) is 0 Å². The Morgan fingerprint density at radius 1 is 1.28 bits per heavy atom. The van der Waals surface area contributed by atoms with Gasteiger partial charge in [-0.3, -0.25) is 0 Å². The lowest BCUT2D eigenvalue weighted by Gasteiger charge is -2.23. The van der Waals surface area contributed by atoms with Crippen LogP contribution < -0.4 is 10.6 Å². The first-order valence-corrected chi connectivity index (χ1v) is 5.72. The first kappa shape index (κ1) is 14.8. The first-order valence-electron chi connectivity index (χ1n) is 5.72. The third-order valence-electron chi connectivity index (χ3n) is 2.63. The molecule has 0 aromatic heterocycles. The topological polar surface area (TPSA) is 29.3 Å². The summed E-state index contributed by atoms with van der Waals surface area (Å²) in [6.45, 7) is 3.31. The Labute approximate surface area is 103 Å². The minimum Gasteiger partial charge on any atom is -0.369 e. The molecule has 0 aliphatic rings. The zero-order valence-electron chi connectivity index (χ0n) is 10.1. The third kappa shape index (κ3) is 3.60. The number of hydrogen-bond donors (Lipinski definition) is 1. The summed E-state index contributed by atoms with van der Waals surface area (Å²) in [5.41, 5.74) is 4.57. The Hall–Kier alpha value is -1.30. The van der Waals surface area contributed by atoms with Crippen molar-refractivity contribution in [2.45, 2.75) is 19.5 Å². The van der Waals surface area contributed by atoms with Crippen LogP contribution in [0.1, 0.15) is 18.9 Å². The van der Waals surface area contributed by atoms with Gasteiger partial charge in [0.2, 0.25) is 0 Å². The number of hydrogen-bond acceptors (Lipinski definition) is 2. The summed E-state index contributed by atoms with van der Waals surface area (Å²) in [4.78, 5) is 1.67. The first-order chi connectivity index (χ1) is 8.40. The van der Waals surface area contributed by atoms with Crippen molar-refractivity contribution in [1.82, 2.24) is 0 Å². The Kier molecular flexibility index (Phi) is 4.95. The lowest BCUT2D eigenvalue weighted by molar-refractivity contribution is -0.137. The van der Waals surface area contributed by atoms with E-state index in [4.69, 9.17) is 5.73 Å². The van der Waals surface area contributed by atoms with Crippen molar-refractivity contribution in [2.75, 3.05) is 24.5 Å². The monoisotopic (exact) mass is 264 g/mol. The summed E-state index contributed by atoms with van der Waals surface area (Å²) in [6, 6.07) is 2.59. The number of alkyl halides is 3. The molecule has 0 heterocycles. The normalized spacial score (nSPS) is 11.7. The summed E-state index contributed by atoms with van der Waals surface area (Å²) in [7, 11) is 0. The van der Waals surface area contributed by atoms with Gasteiger partial charge < -0.3 is 10.6 Å². The molecule has 0 radical (unpaired) electrons. The number of halogens is 4. The van der Waals surface area contributed by atoms with Gasteiger partial charge in [-0.05, 0) is 38.1 Å². The van der Waals surface area contributed by atoms with Crippen LogP contribution in [-0.2, 0) is 6.18 Å². The van der Waals surface area contributed by atoms with Crippen LogP contribution in [0.15, 0.2) is 18.2 Å². The maximum Gasteiger partial charge on any atom is 0.416 e. The van der Waals surface area contributed by atoms with Gasteiger partial charge in [-0.2, -0.15) is 13.2 Å². The Bertz CT molecular complexity index is 390. The molecule has 6 heteroatoms. The largest absolute Gasteiger partial charge is 0.416 e. The molecular formula is C12H16F4N2. The van der Waals surface area contributed by atoms with Gasteiger partial charge in [0, 0.05) is 13.1 Å². The minimum absolute atomic E-state index is 0.180. The lowest BCUT2D eigenvalue weighted by Crippen LogP contribution is -2.26. The second-order valence-corrected chi connectivity index (χ2v) is 3.89. The van der Waals surface area contributed by atoms with Crippen LogP contribution in [0, 0.1) is 5.82 Å². The highest BCUT2D eigenvalue weighted by molar-refractivity contribution is 5.49. The van der Waals surface area contributed by atoms with Gasteiger partial charge in [-0.1, -0.05) is 0 Å². The molecule has 1 rings (SSSR count). The molecule has 0 aliphatic carbocycles. The third-order valence-corrected chi connectivity index (χ3v) is 2.63. The zero-order chi connectivity index (χ0) is 13.8. The van der Waals surface area contributed by atoms with Gasteiger partial charge in [-0.15, -0.1) is 0 Å². The summed E-state index contributed by atoms with van der Waals surface area (Å²) < 4.78 is 50.8. The molecule has 18 heavy (non-hydrogen) atoms. The van der Waals surface area contributed by atoms with Crippen LogP contribution in [-0.4, -0.2) is 19.6 Å². The van der Waals surface area contributed by atoms with E-state index in [0.29, 0.717) is 32.1 Å². The molecule has 0 unspecified atom stereocenters. The van der Waals surface area contributed by atoms with Crippen molar-refractivity contribution in [3.8, 4) is 0 Å². The van der Waals surface area contributed by atoms with Crippen LogP contribution in [0.2, 0.25) is 0 Å². The number of anilines is 1. The zero-order valence-corrected chi connectivity index (χ0v) is 10.1. The van der Waals surface area contributed by atoms with Gasteiger partial charge >= 0.3 is 6.18 Å². The van der Waals surface area contributed by atoms with Gasteiger partial charge in [0.15, 0.2) is 0 Å². The minimum atomic E-state index is -4.52. The molecule has 0 spiro atoms. The Morgan fingerprint density at radius 2 is 1.94 bits per heavy atom. The van der Waals surface area contributed by atoms with Crippen molar-refractivity contribution in [3.63, 3.8) is 0 Å². The summed E-state index contributed by atoms with van der Waals surface area (Å²) in [5.74, 6) is -0.858. The molecule has 2 N–H and O–H groups in total. The maximum atomic E-state index is 13.7. The highest BCUT2D eigenvalue weighted by atomic mass is 19.4. The summed E-state index contributed by atoms with van der Waals surface area (Å²) in [6.07, 6.45) is -3.86.